The summed E-state index contributed by atoms with van der Waals surface area (Å²) in [5, 5.41) is 15.2. The third-order valence-electron chi connectivity index (χ3n) is 7.96. The van der Waals surface area contributed by atoms with E-state index in [4.69, 9.17) is 14.8 Å². The maximum Gasteiger partial charge on any atom is 0.379 e. The molecule has 0 saturated carbocycles. The second kappa shape index (κ2) is 22.5. The molecule has 1 unspecified atom stereocenters. The molecule has 0 aliphatic heterocycles. The number of Topliss-reactive ketones (excluding diaryl/α,β-unsaturated/α-hetero) is 3. The highest BCUT2D eigenvalue weighted by Gasteiger charge is 2.35. The maximum absolute atomic E-state index is 14.1. The zero-order valence-electron chi connectivity index (χ0n) is 33.6. The van der Waals surface area contributed by atoms with Crippen LogP contribution in [0.15, 0.2) is 46.0 Å². The van der Waals surface area contributed by atoms with Gasteiger partial charge in [0, 0.05) is 43.8 Å². The Kier molecular flexibility index (Phi) is 19.6. The van der Waals surface area contributed by atoms with E-state index in [1.165, 1.54) is 33.3 Å². The number of aromatic nitrogens is 6. The first-order valence-corrected chi connectivity index (χ1v) is 21.7. The number of rotatable bonds is 17. The minimum Gasteiger partial charge on any atom is -0.478 e. The normalized spacial score (nSPS) is 11.5. The minimum absolute atomic E-state index is 0. The van der Waals surface area contributed by atoms with Gasteiger partial charge in [-0.1, -0.05) is 35.1 Å². The highest BCUT2D eigenvalue weighted by atomic mass is 32.2. The van der Waals surface area contributed by atoms with Crippen LogP contribution in [0.4, 0.5) is 8.78 Å². The summed E-state index contributed by atoms with van der Waals surface area (Å²) in [5.74, 6) is -4.26. The van der Waals surface area contributed by atoms with Crippen molar-refractivity contribution in [3.63, 3.8) is 0 Å². The fraction of sp³-hybridized carbons (Fsp3) is 0.459. The van der Waals surface area contributed by atoms with Gasteiger partial charge >= 0.3 is 17.3 Å². The number of ketones is 3. The second-order valence-corrected chi connectivity index (χ2v) is 17.0. The van der Waals surface area contributed by atoms with Gasteiger partial charge in [-0.05, 0) is 47.5 Å². The first-order chi connectivity index (χ1) is 27.4. The number of carboxylic acid groups (broad SMARTS) is 1. The summed E-state index contributed by atoms with van der Waals surface area (Å²) in [6.07, 6.45) is 2.88. The molecule has 2 aromatic heterocycles. The first-order valence-electron chi connectivity index (χ1n) is 17.7. The van der Waals surface area contributed by atoms with Crippen LogP contribution in [0.1, 0.15) is 91.5 Å². The molecule has 0 aliphatic rings. The molecular formula is C37H50F2N6O13S2. The Morgan fingerprint density at radius 1 is 0.717 bits per heavy atom. The average molecular weight is 889 g/mol. The number of hydrogen-bond acceptors (Lipinski definition) is 14. The Labute approximate surface area is 345 Å². The molecule has 0 bridgehead atoms. The number of benzene rings is 2. The van der Waals surface area contributed by atoms with Gasteiger partial charge in [-0.2, -0.15) is 10.2 Å². The summed E-state index contributed by atoms with van der Waals surface area (Å²) in [4.78, 5) is 80.3. The zero-order chi connectivity index (χ0) is 45.0. The van der Waals surface area contributed by atoms with Crippen LogP contribution in [0.2, 0.25) is 0 Å². The molecule has 0 saturated heterocycles. The largest absolute Gasteiger partial charge is 0.478 e. The molecule has 0 fully saturated rings. The third kappa shape index (κ3) is 14.5. The van der Waals surface area contributed by atoms with Crippen LogP contribution < -0.4 is 21.1 Å². The van der Waals surface area contributed by atoms with Gasteiger partial charge in [-0.3, -0.25) is 14.4 Å². The fourth-order valence-corrected chi connectivity index (χ4v) is 7.24. The smallest absolute Gasteiger partial charge is 0.379 e. The van der Waals surface area contributed by atoms with E-state index in [1.807, 2.05) is 6.92 Å². The maximum atomic E-state index is 14.1. The van der Waals surface area contributed by atoms with Gasteiger partial charge < -0.3 is 14.8 Å². The molecule has 0 radical (unpaired) electrons. The molecule has 0 aliphatic carbocycles. The van der Waals surface area contributed by atoms with Crippen molar-refractivity contribution in [1.82, 2.24) is 29.0 Å². The first kappa shape index (κ1) is 52.2. The quantitative estimate of drug-likeness (QED) is 0.117. The molecule has 332 valence electrons. The monoisotopic (exact) mass is 888 g/mol. The van der Waals surface area contributed by atoms with E-state index in [1.54, 1.807) is 13.8 Å². The van der Waals surface area contributed by atoms with Crippen molar-refractivity contribution in [2.75, 3.05) is 32.5 Å². The average Bonchev–Trinajstić information content (AvgIpc) is 3.62. The van der Waals surface area contributed by atoms with Crippen LogP contribution in [0.3, 0.4) is 0 Å². The Hall–Kier alpha value is -5.84. The summed E-state index contributed by atoms with van der Waals surface area (Å²) < 4.78 is 76.4. The van der Waals surface area contributed by atoms with Crippen LogP contribution in [-0.4, -0.2) is 112 Å². The van der Waals surface area contributed by atoms with Gasteiger partial charge in [0.05, 0.1) is 18.7 Å². The van der Waals surface area contributed by atoms with E-state index >= 15 is 0 Å². The molecule has 60 heavy (non-hydrogen) atoms. The lowest BCUT2D eigenvalue weighted by Gasteiger charge is -2.13. The highest BCUT2D eigenvalue weighted by molar-refractivity contribution is 7.93. The van der Waals surface area contributed by atoms with Crippen molar-refractivity contribution in [3.8, 4) is 0 Å². The number of nitrogens with zero attached hydrogens (tertiary/aromatic N) is 6. The van der Waals surface area contributed by atoms with Crippen molar-refractivity contribution >= 4 is 43.0 Å². The third-order valence-corrected chi connectivity index (χ3v) is 10.1. The Balaban J connectivity index is 0.000000507. The molecule has 2 heterocycles. The molecular weight excluding hydrogens is 839 g/mol. The van der Waals surface area contributed by atoms with Gasteiger partial charge in [0.2, 0.25) is 0 Å². The van der Waals surface area contributed by atoms with Crippen molar-refractivity contribution in [2.45, 2.75) is 79.1 Å². The molecule has 23 heteroatoms. The highest BCUT2D eigenvalue weighted by Crippen LogP contribution is 2.17. The van der Waals surface area contributed by atoms with E-state index in [9.17, 15) is 54.4 Å². The molecule has 1 atom stereocenters. The topological polar surface area (TPSA) is 255 Å². The molecule has 4 rings (SSSR count). The number of hydrogen-bond donors (Lipinski definition) is 1. The van der Waals surface area contributed by atoms with Crippen LogP contribution in [-0.2, 0) is 55.2 Å². The number of halogens is 2. The predicted octanol–water partition coefficient (Wildman–Crippen LogP) is 1.63. The van der Waals surface area contributed by atoms with Crippen LogP contribution >= 0.6 is 0 Å². The van der Waals surface area contributed by atoms with Gasteiger partial charge in [0.25, 0.3) is 0 Å². The molecule has 0 amide bonds. The van der Waals surface area contributed by atoms with Crippen LogP contribution in [0.25, 0.3) is 0 Å². The van der Waals surface area contributed by atoms with Crippen LogP contribution in [0, 0.1) is 11.6 Å². The van der Waals surface area contributed by atoms with Crippen LogP contribution in [0.5, 0.6) is 0 Å². The lowest BCUT2D eigenvalue weighted by atomic mass is 10.0. The summed E-state index contributed by atoms with van der Waals surface area (Å²) in [6, 6.07) is 6.58. The van der Waals surface area contributed by atoms with Gasteiger partial charge in [-0.15, -0.1) is 9.46 Å². The number of carbonyl (C=O) groups is 4. The van der Waals surface area contributed by atoms with E-state index in [0.29, 0.717) is 36.5 Å². The van der Waals surface area contributed by atoms with Crippen molar-refractivity contribution in [2.24, 2.45) is 0 Å². The molecule has 4 aromatic rings. The second-order valence-electron chi connectivity index (χ2n) is 12.7. The zero-order valence-corrected chi connectivity index (χ0v) is 35.2. The van der Waals surface area contributed by atoms with Crippen molar-refractivity contribution < 1.29 is 59.6 Å². The Morgan fingerprint density at radius 2 is 1.13 bits per heavy atom. The lowest BCUT2D eigenvalue weighted by molar-refractivity contribution is -0.118. The molecule has 0 spiro atoms. The van der Waals surface area contributed by atoms with Crippen molar-refractivity contribution in [1.29, 1.82) is 0 Å². The molecule has 19 nitrogen and oxygen atoms in total. The summed E-state index contributed by atoms with van der Waals surface area (Å²) in [6.45, 7) is 6.46. The Morgan fingerprint density at radius 3 is 1.43 bits per heavy atom. The number of carboxylic acids is 1. The number of sulfone groups is 2. The summed E-state index contributed by atoms with van der Waals surface area (Å²) in [5.41, 5.74) is -1.01. The Bertz CT molecular complexity index is 2530. The van der Waals surface area contributed by atoms with E-state index in [-0.39, 0.29) is 55.2 Å². The van der Waals surface area contributed by atoms with Crippen molar-refractivity contribution in [3.05, 3.63) is 103 Å². The predicted molar refractivity (Wildman–Crippen MR) is 215 cm³/mol. The number of carbonyl (C=O) groups excluding carboxylic acids is 3. The fourth-order valence-electron chi connectivity index (χ4n) is 5.28. The summed E-state index contributed by atoms with van der Waals surface area (Å²) in [7, 11) is -4.47. The van der Waals surface area contributed by atoms with E-state index in [0.717, 1.165) is 55.6 Å². The summed E-state index contributed by atoms with van der Waals surface area (Å²) >= 11 is 0. The standard InChI is InChI=1S/C18H22FN3O6S.C13H14FN3O4.C5H10O3S.CH4/c1-5-14(23)17(29(4,26)27)16(24)12-7-11(8-13(19)9-12)10-21-18(25)22(28-3)15(6-2)20-21;1-3-11-15-16(13(20)17(11)21-2)7-8-4-9(12(18)19)6-10(14)5-8;1-3-5(6)4-9(2,7)8;/h7-9,17H,5-6,10H2,1-4H3;4-6H,3,7H2,1-2H3,(H,18,19);3-4H2,1-2H3;1H4. The molecule has 2 aromatic carbocycles. The number of aromatic carboxylic acids is 1. The van der Waals surface area contributed by atoms with E-state index in [2.05, 4.69) is 10.2 Å². The van der Waals surface area contributed by atoms with Gasteiger partial charge in [0.1, 0.15) is 37.4 Å². The number of aryl methyl sites for hydroxylation is 2. The van der Waals surface area contributed by atoms with Gasteiger partial charge in [-0.25, -0.2) is 49.4 Å². The van der Waals surface area contributed by atoms with E-state index < -0.39 is 65.5 Å². The lowest BCUT2D eigenvalue weighted by Crippen LogP contribution is -2.37. The minimum atomic E-state index is -4.03. The van der Waals surface area contributed by atoms with Gasteiger partial charge in [0.15, 0.2) is 48.1 Å². The molecule has 1 N–H and O–H groups in total. The SMILES string of the molecule is C.CCC(=O)C(C(=O)c1cc(F)cc(Cn2nc(CC)n(OC)c2=O)c1)S(C)(=O)=O.CCC(=O)CS(C)(=O)=O.CCc1nn(Cc2cc(F)cc(C(=O)O)c2)c(=O)n1OC.